The molecule has 0 aliphatic rings. The summed E-state index contributed by atoms with van der Waals surface area (Å²) in [5.74, 6) is -0.359. The van der Waals surface area contributed by atoms with Crippen LogP contribution in [-0.4, -0.2) is 36.0 Å². The lowest BCUT2D eigenvalue weighted by atomic mass is 9.73. The molecule has 0 atom stereocenters. The Morgan fingerprint density at radius 1 is 0.742 bits per heavy atom. The average Bonchev–Trinajstić information content (AvgIpc) is 2.59. The van der Waals surface area contributed by atoms with Gasteiger partial charge in [-0.05, 0) is 79.2 Å². The Morgan fingerprint density at radius 3 is 1.77 bits per heavy atom. The summed E-state index contributed by atoms with van der Waals surface area (Å²) in [6.07, 6.45) is 3.69. The SMILES string of the molecule is C=C(C)C(=C)C(C)(C)OCCCCC(C)(C)C(C)(C)OCCC(C)(C)OC(=O)C(=C)C. The zero-order valence-electron chi connectivity index (χ0n) is 22.0. The third kappa shape index (κ3) is 10.2. The standard InChI is InChI=1S/C27H48O4/c1-20(2)22(5)26(10,11)29-18-15-14-16-24(6,7)27(12,13)30-19-17-25(8,9)31-23(28)21(3)4/h1,3,5,14-19H2,2,4,6-13H3. The van der Waals surface area contributed by atoms with Gasteiger partial charge in [0.05, 0.1) is 17.8 Å². The highest BCUT2D eigenvalue weighted by Gasteiger charge is 2.38. The number of rotatable bonds is 15. The maximum Gasteiger partial charge on any atom is 0.333 e. The first-order valence-corrected chi connectivity index (χ1v) is 11.4. The van der Waals surface area contributed by atoms with Gasteiger partial charge in [0.2, 0.25) is 0 Å². The summed E-state index contributed by atoms with van der Waals surface area (Å²) in [5, 5.41) is 0. The van der Waals surface area contributed by atoms with Crippen LogP contribution in [0.4, 0.5) is 0 Å². The quantitative estimate of drug-likeness (QED) is 0.118. The molecular formula is C27H48O4. The number of carbonyl (C=O) groups excluding carboxylic acids is 1. The molecule has 0 aromatic carbocycles. The van der Waals surface area contributed by atoms with Crippen molar-refractivity contribution in [1.29, 1.82) is 0 Å². The maximum absolute atomic E-state index is 11.8. The van der Waals surface area contributed by atoms with E-state index in [0.717, 1.165) is 30.4 Å². The molecule has 0 fully saturated rings. The maximum atomic E-state index is 11.8. The molecule has 31 heavy (non-hydrogen) atoms. The Hall–Kier alpha value is -1.39. The smallest absolute Gasteiger partial charge is 0.333 e. The summed E-state index contributed by atoms with van der Waals surface area (Å²) in [5.41, 5.74) is 1.02. The lowest BCUT2D eigenvalue weighted by molar-refractivity contribution is -0.156. The number of unbranched alkanes of at least 4 members (excludes halogenated alkanes) is 1. The van der Waals surface area contributed by atoms with Crippen molar-refractivity contribution in [3.63, 3.8) is 0 Å². The third-order valence-corrected chi connectivity index (χ3v) is 6.42. The highest BCUT2D eigenvalue weighted by atomic mass is 16.6. The number of ether oxygens (including phenoxy) is 3. The predicted octanol–water partition coefficient (Wildman–Crippen LogP) is 7.19. The molecule has 4 nitrogen and oxygen atoms in total. The fraction of sp³-hybridized carbons (Fsp3) is 0.741. The summed E-state index contributed by atoms with van der Waals surface area (Å²) >= 11 is 0. The van der Waals surface area contributed by atoms with E-state index in [-0.39, 0.29) is 22.6 Å². The number of carbonyl (C=O) groups is 1. The first-order chi connectivity index (χ1) is 13.8. The van der Waals surface area contributed by atoms with E-state index in [2.05, 4.69) is 47.4 Å². The molecule has 180 valence electrons. The van der Waals surface area contributed by atoms with Gasteiger partial charge in [-0.25, -0.2) is 4.79 Å². The molecule has 0 bridgehead atoms. The molecule has 0 saturated carbocycles. The number of hydrogen-bond acceptors (Lipinski definition) is 4. The van der Waals surface area contributed by atoms with Crippen molar-refractivity contribution in [2.75, 3.05) is 13.2 Å². The van der Waals surface area contributed by atoms with Crippen molar-refractivity contribution in [1.82, 2.24) is 0 Å². The van der Waals surface area contributed by atoms with Crippen LogP contribution in [0.2, 0.25) is 0 Å². The van der Waals surface area contributed by atoms with Crippen molar-refractivity contribution < 1.29 is 19.0 Å². The molecule has 0 spiro atoms. The van der Waals surface area contributed by atoms with E-state index in [0.29, 0.717) is 25.2 Å². The second-order valence-electron chi connectivity index (χ2n) is 11.0. The minimum absolute atomic E-state index is 0.0116. The number of esters is 1. The van der Waals surface area contributed by atoms with Crippen LogP contribution in [0.1, 0.15) is 94.9 Å². The Labute approximate surface area is 192 Å². The number of hydrogen-bond donors (Lipinski definition) is 0. The van der Waals surface area contributed by atoms with Gasteiger partial charge in [0.1, 0.15) is 5.60 Å². The third-order valence-electron chi connectivity index (χ3n) is 6.42. The monoisotopic (exact) mass is 436 g/mol. The van der Waals surface area contributed by atoms with E-state index in [1.54, 1.807) is 6.92 Å². The van der Waals surface area contributed by atoms with E-state index < -0.39 is 5.60 Å². The molecule has 0 radical (unpaired) electrons. The fourth-order valence-electron chi connectivity index (χ4n) is 3.03. The van der Waals surface area contributed by atoms with Crippen LogP contribution in [0.25, 0.3) is 0 Å². The van der Waals surface area contributed by atoms with Crippen LogP contribution in [-0.2, 0) is 19.0 Å². The van der Waals surface area contributed by atoms with Gasteiger partial charge in [0.25, 0.3) is 0 Å². The normalized spacial score (nSPS) is 13.1. The zero-order chi connectivity index (χ0) is 24.7. The minimum atomic E-state index is -0.589. The Morgan fingerprint density at radius 2 is 1.29 bits per heavy atom. The van der Waals surface area contributed by atoms with Crippen LogP contribution in [0.15, 0.2) is 36.5 Å². The molecule has 4 heteroatoms. The van der Waals surface area contributed by atoms with Crippen LogP contribution < -0.4 is 0 Å². The molecule has 0 aliphatic heterocycles. The average molecular weight is 437 g/mol. The van der Waals surface area contributed by atoms with E-state index >= 15 is 0 Å². The molecule has 0 aromatic rings. The predicted molar refractivity (Wildman–Crippen MR) is 131 cm³/mol. The van der Waals surface area contributed by atoms with Gasteiger partial charge in [0.15, 0.2) is 0 Å². The van der Waals surface area contributed by atoms with Crippen molar-refractivity contribution in [2.24, 2.45) is 5.41 Å². The highest BCUT2D eigenvalue weighted by Crippen LogP contribution is 2.39. The topological polar surface area (TPSA) is 44.8 Å². The van der Waals surface area contributed by atoms with Crippen molar-refractivity contribution in [3.8, 4) is 0 Å². The van der Waals surface area contributed by atoms with Gasteiger partial charge >= 0.3 is 5.97 Å². The van der Waals surface area contributed by atoms with Crippen LogP contribution in [0.3, 0.4) is 0 Å². The summed E-state index contributed by atoms with van der Waals surface area (Å²) in [7, 11) is 0. The molecule has 0 heterocycles. The van der Waals surface area contributed by atoms with Crippen LogP contribution in [0.5, 0.6) is 0 Å². The minimum Gasteiger partial charge on any atom is -0.456 e. The van der Waals surface area contributed by atoms with Gasteiger partial charge in [0, 0.05) is 18.6 Å². The Balaban J connectivity index is 4.52. The fourth-order valence-corrected chi connectivity index (χ4v) is 3.03. The van der Waals surface area contributed by atoms with Gasteiger partial charge in [-0.3, -0.25) is 0 Å². The second kappa shape index (κ2) is 11.5. The molecule has 0 N–H and O–H groups in total. The molecule has 0 aliphatic carbocycles. The Kier molecular flexibility index (Phi) is 11.0. The van der Waals surface area contributed by atoms with E-state index in [9.17, 15) is 4.79 Å². The summed E-state index contributed by atoms with van der Waals surface area (Å²) < 4.78 is 17.8. The summed E-state index contributed by atoms with van der Waals surface area (Å²) in [6.45, 7) is 33.2. The highest BCUT2D eigenvalue weighted by molar-refractivity contribution is 5.87. The van der Waals surface area contributed by atoms with Gasteiger partial charge in [-0.1, -0.05) is 45.6 Å². The molecular weight excluding hydrogens is 388 g/mol. The molecule has 0 aromatic heterocycles. The first kappa shape index (κ1) is 29.6. The zero-order valence-corrected chi connectivity index (χ0v) is 22.0. The molecule has 0 amide bonds. The molecule has 0 rings (SSSR count). The van der Waals surface area contributed by atoms with Gasteiger partial charge in [-0.15, -0.1) is 0 Å². The van der Waals surface area contributed by atoms with Gasteiger partial charge < -0.3 is 14.2 Å². The lowest BCUT2D eigenvalue weighted by Crippen LogP contribution is -2.43. The molecule has 0 saturated heterocycles. The van der Waals surface area contributed by atoms with E-state index in [1.807, 2.05) is 34.6 Å². The van der Waals surface area contributed by atoms with Gasteiger partial charge in [-0.2, -0.15) is 0 Å². The van der Waals surface area contributed by atoms with Crippen molar-refractivity contribution in [3.05, 3.63) is 36.5 Å². The lowest BCUT2D eigenvalue weighted by Gasteiger charge is -2.42. The summed E-state index contributed by atoms with van der Waals surface area (Å²) in [4.78, 5) is 11.8. The van der Waals surface area contributed by atoms with Crippen LogP contribution in [0, 0.1) is 5.41 Å². The van der Waals surface area contributed by atoms with Crippen LogP contribution >= 0.6 is 0 Å². The summed E-state index contributed by atoms with van der Waals surface area (Å²) in [6, 6.07) is 0. The molecule has 0 unspecified atom stereocenters. The van der Waals surface area contributed by atoms with E-state index in [1.165, 1.54) is 0 Å². The first-order valence-electron chi connectivity index (χ1n) is 11.4. The second-order valence-corrected chi connectivity index (χ2v) is 11.0. The largest absolute Gasteiger partial charge is 0.456 e. The van der Waals surface area contributed by atoms with Crippen molar-refractivity contribution in [2.45, 2.75) is 112 Å². The Bertz CT molecular complexity index is 650. The van der Waals surface area contributed by atoms with Crippen molar-refractivity contribution >= 4 is 5.97 Å². The van der Waals surface area contributed by atoms with E-state index in [4.69, 9.17) is 14.2 Å².